The Morgan fingerprint density at radius 2 is 1.93 bits per heavy atom. The number of nitrogens with zero attached hydrogens (tertiary/aromatic N) is 1. The number of nitrogens with one attached hydrogen (secondary N) is 1. The molecule has 0 spiro atoms. The van der Waals surface area contributed by atoms with Crippen LogP contribution in [-0.2, 0) is 27.8 Å². The van der Waals surface area contributed by atoms with Crippen LogP contribution in [0.1, 0.15) is 18.1 Å². The summed E-state index contributed by atoms with van der Waals surface area (Å²) in [5, 5.41) is 3.47. The number of fused-ring (bicyclic) bond motifs is 1. The maximum atomic E-state index is 12.6. The van der Waals surface area contributed by atoms with E-state index in [9.17, 15) is 13.2 Å². The summed E-state index contributed by atoms with van der Waals surface area (Å²) in [5.74, 6) is -0.00862. The minimum Gasteiger partial charge on any atom is -0.479 e. The second kappa shape index (κ2) is 8.29. The standard InChI is InChI=1S/C19H20Cl2N2O4S/c1-12(27-17-8-4-6-15(20)18(17)21)19(24)22-16-7-3-5-13-11-23(28(2,25)26)10-9-14(13)16/h3-8,12H,9-11H2,1-2H3,(H,22,24). The summed E-state index contributed by atoms with van der Waals surface area (Å²) in [6, 6.07) is 10.4. The molecule has 2 aromatic carbocycles. The summed E-state index contributed by atoms with van der Waals surface area (Å²) < 4.78 is 30.7. The van der Waals surface area contributed by atoms with E-state index in [-0.39, 0.29) is 10.9 Å². The monoisotopic (exact) mass is 442 g/mol. The number of rotatable bonds is 5. The Morgan fingerprint density at radius 1 is 1.21 bits per heavy atom. The van der Waals surface area contributed by atoms with Crippen LogP contribution in [0.3, 0.4) is 0 Å². The second-order valence-electron chi connectivity index (χ2n) is 6.59. The van der Waals surface area contributed by atoms with E-state index in [4.69, 9.17) is 27.9 Å². The summed E-state index contributed by atoms with van der Waals surface area (Å²) in [4.78, 5) is 12.6. The normalized spacial score (nSPS) is 15.6. The summed E-state index contributed by atoms with van der Waals surface area (Å²) in [6.07, 6.45) is 0.917. The Hall–Kier alpha value is -1.80. The molecule has 1 N–H and O–H groups in total. The van der Waals surface area contributed by atoms with Crippen LogP contribution in [0.2, 0.25) is 10.0 Å². The quantitative estimate of drug-likeness (QED) is 0.765. The van der Waals surface area contributed by atoms with Gasteiger partial charge in [0.05, 0.1) is 11.3 Å². The largest absolute Gasteiger partial charge is 0.479 e. The minimum atomic E-state index is -3.26. The van der Waals surface area contributed by atoms with Gasteiger partial charge in [-0.15, -0.1) is 0 Å². The lowest BCUT2D eigenvalue weighted by atomic mass is 9.99. The van der Waals surface area contributed by atoms with Gasteiger partial charge in [0.1, 0.15) is 10.8 Å². The van der Waals surface area contributed by atoms with Gasteiger partial charge < -0.3 is 10.1 Å². The van der Waals surface area contributed by atoms with Crippen LogP contribution in [0.25, 0.3) is 0 Å². The first kappa shape index (κ1) is 20.9. The molecule has 1 aliphatic rings. The lowest BCUT2D eigenvalue weighted by Crippen LogP contribution is -2.36. The van der Waals surface area contributed by atoms with Crippen molar-refractivity contribution in [3.05, 3.63) is 57.6 Å². The van der Waals surface area contributed by atoms with E-state index in [2.05, 4.69) is 5.32 Å². The maximum absolute atomic E-state index is 12.6. The van der Waals surface area contributed by atoms with Crippen molar-refractivity contribution >= 4 is 44.8 Å². The third kappa shape index (κ3) is 4.60. The lowest BCUT2D eigenvalue weighted by Gasteiger charge is -2.28. The molecule has 6 nitrogen and oxygen atoms in total. The number of anilines is 1. The van der Waals surface area contributed by atoms with Crippen molar-refractivity contribution in [1.29, 1.82) is 0 Å². The van der Waals surface area contributed by atoms with Crippen LogP contribution in [0, 0.1) is 0 Å². The van der Waals surface area contributed by atoms with Gasteiger partial charge in [-0.3, -0.25) is 4.79 Å². The van der Waals surface area contributed by atoms with E-state index in [1.165, 1.54) is 10.6 Å². The Labute approximate surface area is 174 Å². The van der Waals surface area contributed by atoms with Crippen LogP contribution >= 0.6 is 23.2 Å². The van der Waals surface area contributed by atoms with Gasteiger partial charge in [0.15, 0.2) is 6.10 Å². The van der Waals surface area contributed by atoms with Crippen molar-refractivity contribution in [2.24, 2.45) is 0 Å². The number of halogens is 2. The van der Waals surface area contributed by atoms with Crippen LogP contribution in [0.15, 0.2) is 36.4 Å². The number of carbonyl (C=O) groups is 1. The molecule has 2 aromatic rings. The van der Waals surface area contributed by atoms with Crippen molar-refractivity contribution in [3.63, 3.8) is 0 Å². The number of hydrogen-bond donors (Lipinski definition) is 1. The Bertz CT molecular complexity index is 1010. The Kier molecular flexibility index (Phi) is 6.19. The van der Waals surface area contributed by atoms with Gasteiger partial charge in [-0.05, 0) is 42.7 Å². The zero-order valence-electron chi connectivity index (χ0n) is 15.4. The molecule has 1 aliphatic heterocycles. The highest BCUT2D eigenvalue weighted by Crippen LogP contribution is 2.32. The molecule has 0 saturated heterocycles. The molecule has 1 unspecified atom stereocenters. The molecular weight excluding hydrogens is 423 g/mol. The third-order valence-electron chi connectivity index (χ3n) is 4.55. The number of carbonyl (C=O) groups excluding carboxylic acids is 1. The number of sulfonamides is 1. The molecule has 0 bridgehead atoms. The average Bonchev–Trinajstić information content (AvgIpc) is 2.64. The van der Waals surface area contributed by atoms with Gasteiger partial charge >= 0.3 is 0 Å². The van der Waals surface area contributed by atoms with Crippen molar-refractivity contribution in [2.45, 2.75) is 26.0 Å². The molecule has 1 atom stereocenters. The fourth-order valence-electron chi connectivity index (χ4n) is 3.04. The second-order valence-corrected chi connectivity index (χ2v) is 9.36. The fraction of sp³-hybridized carbons (Fsp3) is 0.316. The highest BCUT2D eigenvalue weighted by molar-refractivity contribution is 7.88. The highest BCUT2D eigenvalue weighted by Gasteiger charge is 2.26. The van der Waals surface area contributed by atoms with E-state index >= 15 is 0 Å². The van der Waals surface area contributed by atoms with Gasteiger partial charge in [-0.1, -0.05) is 41.4 Å². The first-order valence-corrected chi connectivity index (χ1v) is 11.2. The molecule has 1 amide bonds. The minimum absolute atomic E-state index is 0.252. The summed E-state index contributed by atoms with van der Waals surface area (Å²) >= 11 is 12.1. The van der Waals surface area contributed by atoms with E-state index in [1.807, 2.05) is 6.07 Å². The van der Waals surface area contributed by atoms with E-state index in [0.29, 0.717) is 36.0 Å². The Balaban J connectivity index is 1.74. The summed E-state index contributed by atoms with van der Waals surface area (Å²) in [5.41, 5.74) is 2.47. The van der Waals surface area contributed by atoms with Gasteiger partial charge in [0.2, 0.25) is 10.0 Å². The summed E-state index contributed by atoms with van der Waals surface area (Å²) in [7, 11) is -3.26. The molecule has 28 heavy (non-hydrogen) atoms. The van der Waals surface area contributed by atoms with E-state index in [1.54, 1.807) is 37.3 Å². The summed E-state index contributed by atoms with van der Waals surface area (Å²) in [6.45, 7) is 2.29. The van der Waals surface area contributed by atoms with Gasteiger partial charge in [-0.25, -0.2) is 8.42 Å². The SMILES string of the molecule is CC(Oc1cccc(Cl)c1Cl)C(=O)Nc1cccc2c1CCN(S(C)(=O)=O)C2. The smallest absolute Gasteiger partial charge is 0.265 e. The van der Waals surface area contributed by atoms with Gasteiger partial charge in [0.25, 0.3) is 5.91 Å². The first-order chi connectivity index (χ1) is 13.2. The number of ether oxygens (including phenoxy) is 1. The third-order valence-corrected chi connectivity index (χ3v) is 6.60. The van der Waals surface area contributed by atoms with Crippen LogP contribution in [0.4, 0.5) is 5.69 Å². The number of hydrogen-bond acceptors (Lipinski definition) is 4. The van der Waals surface area contributed by atoms with Crippen molar-refractivity contribution in [2.75, 3.05) is 18.1 Å². The van der Waals surface area contributed by atoms with Crippen LogP contribution in [-0.4, -0.2) is 37.5 Å². The molecule has 150 valence electrons. The van der Waals surface area contributed by atoms with Crippen molar-refractivity contribution in [1.82, 2.24) is 4.31 Å². The maximum Gasteiger partial charge on any atom is 0.265 e. The molecule has 9 heteroatoms. The zero-order valence-corrected chi connectivity index (χ0v) is 17.7. The topological polar surface area (TPSA) is 75.7 Å². The zero-order chi connectivity index (χ0) is 20.5. The van der Waals surface area contributed by atoms with E-state index < -0.39 is 16.1 Å². The molecule has 0 aromatic heterocycles. The predicted molar refractivity (Wildman–Crippen MR) is 111 cm³/mol. The van der Waals surface area contributed by atoms with Crippen molar-refractivity contribution in [3.8, 4) is 5.75 Å². The molecule has 1 heterocycles. The Morgan fingerprint density at radius 3 is 2.64 bits per heavy atom. The average molecular weight is 443 g/mol. The van der Waals surface area contributed by atoms with Crippen molar-refractivity contribution < 1.29 is 17.9 Å². The molecule has 0 radical (unpaired) electrons. The molecule has 0 aliphatic carbocycles. The molecule has 0 saturated carbocycles. The predicted octanol–water partition coefficient (Wildman–Crippen LogP) is 3.72. The molecule has 0 fully saturated rings. The van der Waals surface area contributed by atoms with Crippen LogP contribution in [0.5, 0.6) is 5.75 Å². The highest BCUT2D eigenvalue weighted by atomic mass is 35.5. The van der Waals surface area contributed by atoms with E-state index in [0.717, 1.165) is 11.1 Å². The first-order valence-electron chi connectivity index (χ1n) is 8.64. The van der Waals surface area contributed by atoms with Crippen LogP contribution < -0.4 is 10.1 Å². The fourth-order valence-corrected chi connectivity index (χ4v) is 4.17. The molecular formula is C19H20Cl2N2O4S. The van der Waals surface area contributed by atoms with Gasteiger partial charge in [-0.2, -0.15) is 4.31 Å². The number of amides is 1. The molecule has 3 rings (SSSR count). The number of benzene rings is 2. The van der Waals surface area contributed by atoms with Gasteiger partial charge in [0, 0.05) is 18.8 Å². The lowest BCUT2D eigenvalue weighted by molar-refractivity contribution is -0.122.